The molecule has 0 aliphatic carbocycles. The number of aromatic nitrogens is 1. The van der Waals surface area contributed by atoms with E-state index in [4.69, 9.17) is 0 Å². The van der Waals surface area contributed by atoms with Crippen LogP contribution >= 0.6 is 11.3 Å². The van der Waals surface area contributed by atoms with Crippen LogP contribution in [0.25, 0.3) is 0 Å². The van der Waals surface area contributed by atoms with Crippen LogP contribution in [-0.2, 0) is 4.79 Å². The molecule has 2 heterocycles. The van der Waals surface area contributed by atoms with Gasteiger partial charge in [0.2, 0.25) is 5.91 Å². The zero-order chi connectivity index (χ0) is 12.3. The number of hydrogen-bond donors (Lipinski definition) is 2. The van der Waals surface area contributed by atoms with Crippen LogP contribution in [0.15, 0.2) is 11.6 Å². The molecule has 1 amide bonds. The molecule has 0 bridgehead atoms. The SMILES string of the molecule is CC(CNC(=O)C(C)C1CNC1)c1nccs1. The lowest BCUT2D eigenvalue weighted by Crippen LogP contribution is -2.49. The minimum Gasteiger partial charge on any atom is -0.355 e. The maximum atomic E-state index is 11.9. The average molecular weight is 253 g/mol. The summed E-state index contributed by atoms with van der Waals surface area (Å²) in [5.41, 5.74) is 0. The van der Waals surface area contributed by atoms with Gasteiger partial charge in [0.15, 0.2) is 0 Å². The highest BCUT2D eigenvalue weighted by molar-refractivity contribution is 7.09. The first-order chi connectivity index (χ1) is 8.18. The second-order valence-corrected chi connectivity index (χ2v) is 5.65. The summed E-state index contributed by atoms with van der Waals surface area (Å²) in [6.07, 6.45) is 1.81. The first kappa shape index (κ1) is 12.5. The fourth-order valence-electron chi connectivity index (χ4n) is 1.86. The molecule has 1 saturated heterocycles. The lowest BCUT2D eigenvalue weighted by atomic mass is 9.88. The Kier molecular flexibility index (Phi) is 4.12. The molecule has 94 valence electrons. The van der Waals surface area contributed by atoms with Crippen molar-refractivity contribution in [2.24, 2.45) is 11.8 Å². The van der Waals surface area contributed by atoms with Gasteiger partial charge >= 0.3 is 0 Å². The zero-order valence-corrected chi connectivity index (χ0v) is 11.1. The van der Waals surface area contributed by atoms with Crippen LogP contribution in [0.4, 0.5) is 0 Å². The van der Waals surface area contributed by atoms with Crippen molar-refractivity contribution in [3.63, 3.8) is 0 Å². The number of amides is 1. The molecule has 1 aliphatic rings. The van der Waals surface area contributed by atoms with Crippen LogP contribution in [0.3, 0.4) is 0 Å². The Morgan fingerprint density at radius 1 is 1.65 bits per heavy atom. The maximum absolute atomic E-state index is 11.9. The Hall–Kier alpha value is -0.940. The van der Waals surface area contributed by atoms with Crippen molar-refractivity contribution in [3.05, 3.63) is 16.6 Å². The smallest absolute Gasteiger partial charge is 0.223 e. The Labute approximate surface area is 106 Å². The minimum atomic E-state index is 0.111. The van der Waals surface area contributed by atoms with E-state index in [1.54, 1.807) is 17.5 Å². The van der Waals surface area contributed by atoms with Gasteiger partial charge in [-0.3, -0.25) is 4.79 Å². The summed E-state index contributed by atoms with van der Waals surface area (Å²) in [6, 6.07) is 0. The molecule has 0 saturated carbocycles. The van der Waals surface area contributed by atoms with E-state index in [2.05, 4.69) is 22.5 Å². The number of rotatable bonds is 5. The molecule has 2 unspecified atom stereocenters. The molecule has 5 heteroatoms. The summed E-state index contributed by atoms with van der Waals surface area (Å²) in [5.74, 6) is 1.08. The molecule has 2 atom stereocenters. The summed E-state index contributed by atoms with van der Waals surface area (Å²) >= 11 is 1.64. The predicted octanol–water partition coefficient (Wildman–Crippen LogP) is 1.22. The molecule has 2 N–H and O–H groups in total. The molecular weight excluding hydrogens is 234 g/mol. The molecule has 4 nitrogen and oxygen atoms in total. The fraction of sp³-hybridized carbons (Fsp3) is 0.667. The zero-order valence-electron chi connectivity index (χ0n) is 10.3. The van der Waals surface area contributed by atoms with Gasteiger partial charge in [-0.2, -0.15) is 0 Å². The third-order valence-corrected chi connectivity index (χ3v) is 4.40. The number of carbonyl (C=O) groups is 1. The van der Waals surface area contributed by atoms with Crippen molar-refractivity contribution in [1.82, 2.24) is 15.6 Å². The molecule has 17 heavy (non-hydrogen) atoms. The van der Waals surface area contributed by atoms with Crippen molar-refractivity contribution in [1.29, 1.82) is 0 Å². The van der Waals surface area contributed by atoms with Gasteiger partial charge in [0.05, 0.1) is 5.01 Å². The maximum Gasteiger partial charge on any atom is 0.223 e. The Balaban J connectivity index is 1.75. The summed E-state index contributed by atoms with van der Waals surface area (Å²) in [5, 5.41) is 9.27. The van der Waals surface area contributed by atoms with Gasteiger partial charge in [0.1, 0.15) is 0 Å². The largest absolute Gasteiger partial charge is 0.355 e. The predicted molar refractivity (Wildman–Crippen MR) is 69.1 cm³/mol. The van der Waals surface area contributed by atoms with Crippen molar-refractivity contribution < 1.29 is 4.79 Å². The van der Waals surface area contributed by atoms with Crippen molar-refractivity contribution in [2.45, 2.75) is 19.8 Å². The Morgan fingerprint density at radius 2 is 2.41 bits per heavy atom. The van der Waals surface area contributed by atoms with Gasteiger partial charge < -0.3 is 10.6 Å². The van der Waals surface area contributed by atoms with Gasteiger partial charge in [-0.1, -0.05) is 13.8 Å². The summed E-state index contributed by atoms with van der Waals surface area (Å²) < 4.78 is 0. The highest BCUT2D eigenvalue weighted by atomic mass is 32.1. The Bertz CT molecular complexity index is 362. The highest BCUT2D eigenvalue weighted by Crippen LogP contribution is 2.18. The van der Waals surface area contributed by atoms with E-state index < -0.39 is 0 Å². The first-order valence-electron chi connectivity index (χ1n) is 6.06. The van der Waals surface area contributed by atoms with Crippen LogP contribution < -0.4 is 10.6 Å². The normalized spacial score (nSPS) is 19.4. The van der Waals surface area contributed by atoms with Crippen molar-refractivity contribution in [2.75, 3.05) is 19.6 Å². The minimum absolute atomic E-state index is 0.111. The Morgan fingerprint density at radius 3 is 2.94 bits per heavy atom. The van der Waals surface area contributed by atoms with Gasteiger partial charge in [0, 0.05) is 30.0 Å². The summed E-state index contributed by atoms with van der Waals surface area (Å²) in [7, 11) is 0. The van der Waals surface area contributed by atoms with Crippen LogP contribution in [0.1, 0.15) is 24.8 Å². The van der Waals surface area contributed by atoms with Gasteiger partial charge in [-0.25, -0.2) is 4.98 Å². The number of carbonyl (C=O) groups excluding carboxylic acids is 1. The van der Waals surface area contributed by atoms with E-state index >= 15 is 0 Å². The van der Waals surface area contributed by atoms with E-state index in [9.17, 15) is 4.79 Å². The monoisotopic (exact) mass is 253 g/mol. The first-order valence-corrected chi connectivity index (χ1v) is 6.94. The van der Waals surface area contributed by atoms with Gasteiger partial charge in [-0.05, 0) is 19.0 Å². The number of nitrogens with one attached hydrogen (secondary N) is 2. The molecule has 1 fully saturated rings. The quantitative estimate of drug-likeness (QED) is 0.829. The fourth-order valence-corrected chi connectivity index (χ4v) is 2.56. The van der Waals surface area contributed by atoms with E-state index in [0.29, 0.717) is 18.4 Å². The van der Waals surface area contributed by atoms with E-state index in [-0.39, 0.29) is 11.8 Å². The van der Waals surface area contributed by atoms with Gasteiger partial charge in [0.25, 0.3) is 0 Å². The summed E-state index contributed by atoms with van der Waals surface area (Å²) in [6.45, 7) is 6.72. The van der Waals surface area contributed by atoms with E-state index in [1.165, 1.54) is 0 Å². The number of nitrogens with zero attached hydrogens (tertiary/aromatic N) is 1. The third-order valence-electron chi connectivity index (χ3n) is 3.39. The van der Waals surface area contributed by atoms with Crippen LogP contribution in [0.2, 0.25) is 0 Å². The second kappa shape index (κ2) is 5.60. The number of hydrogen-bond acceptors (Lipinski definition) is 4. The second-order valence-electron chi connectivity index (χ2n) is 4.72. The molecule has 1 aromatic heterocycles. The lowest BCUT2D eigenvalue weighted by molar-refractivity contribution is -0.126. The number of thiazole rings is 1. The molecule has 2 rings (SSSR count). The van der Waals surface area contributed by atoms with Crippen LogP contribution in [-0.4, -0.2) is 30.5 Å². The van der Waals surface area contributed by atoms with Crippen LogP contribution in [0, 0.1) is 11.8 Å². The van der Waals surface area contributed by atoms with E-state index in [0.717, 1.165) is 18.1 Å². The standard InChI is InChI=1S/C12H19N3OS/c1-8(12-14-3-4-17-12)5-15-11(16)9(2)10-6-13-7-10/h3-4,8-10,13H,5-7H2,1-2H3,(H,15,16). The molecule has 0 aromatic carbocycles. The average Bonchev–Trinajstić information content (AvgIpc) is 2.76. The lowest BCUT2D eigenvalue weighted by Gasteiger charge is -2.31. The van der Waals surface area contributed by atoms with Crippen LogP contribution in [0.5, 0.6) is 0 Å². The van der Waals surface area contributed by atoms with Crippen molar-refractivity contribution in [3.8, 4) is 0 Å². The van der Waals surface area contributed by atoms with Crippen molar-refractivity contribution >= 4 is 17.2 Å². The summed E-state index contributed by atoms with van der Waals surface area (Å²) in [4.78, 5) is 16.2. The molecule has 0 spiro atoms. The molecular formula is C12H19N3OS. The highest BCUT2D eigenvalue weighted by Gasteiger charge is 2.28. The molecule has 1 aromatic rings. The molecule has 0 radical (unpaired) electrons. The van der Waals surface area contributed by atoms with E-state index in [1.807, 2.05) is 12.3 Å². The third kappa shape index (κ3) is 3.04. The van der Waals surface area contributed by atoms with Gasteiger partial charge in [-0.15, -0.1) is 11.3 Å². The topological polar surface area (TPSA) is 54.0 Å². The molecule has 1 aliphatic heterocycles.